The average molecular weight is 1600 g/mol. The van der Waals surface area contributed by atoms with Crippen LogP contribution in [-0.2, 0) is 51.2 Å². The molecule has 2 aromatic carbocycles. The minimum absolute atomic E-state index is 0.0408. The molecule has 33 nitrogen and oxygen atoms in total. The Morgan fingerprint density at radius 3 is 1.13 bits per heavy atom. The zero-order valence-corrected chi connectivity index (χ0v) is 60.8. The van der Waals surface area contributed by atoms with E-state index in [2.05, 4.69) is 147 Å². The number of aromatic nitrogens is 20. The van der Waals surface area contributed by atoms with Gasteiger partial charge in [0.2, 0.25) is 34.1 Å². The largest absolute Gasteiger partial charge is 0.573 e. The number of hydrogen-bond donors (Lipinski definition) is 3. The van der Waals surface area contributed by atoms with Crippen molar-refractivity contribution in [3.63, 3.8) is 0 Å². The summed E-state index contributed by atoms with van der Waals surface area (Å²) in [6.07, 6.45) is 7.29. The van der Waals surface area contributed by atoms with Crippen LogP contribution in [0.1, 0.15) is 74.1 Å². The van der Waals surface area contributed by atoms with E-state index in [0.717, 1.165) is 128 Å². The van der Waals surface area contributed by atoms with Gasteiger partial charge in [-0.25, -0.2) is 19.9 Å². The standard InChI is InChI=1S/2C21H21F3N6O3S.C10H13N7S.C7H11N5.C2H2BrN3S/c2*1-32-19(14-3-2-4-15(10-14)33-21(22,23)24)16(31)11-18-28-27-17(34-18)9-13-5-8-30(12-13)20-25-6-7-26-29-20;11-9-15-14-8(18-9)5-7-1-4-17(6-7)10-12-2-3-13-16-10;8-6-1-4-12(5-6)7-9-2-3-10-11-7;3-1-5-6-2(4)7-1/h2*2-4,6-7,10,13,19H,5,8-9,11-12H2,1H3;2-3,7H,1,4-6H2,(H2,11,15);2-3,6H,1,4-5,8H2;(H2,4,6)/t13-,19+;13-,19-;7-;6-;/m0001./s1. The topological polar surface area (TPSA) is 420 Å². The molecule has 0 aliphatic carbocycles. The predicted octanol–water partition coefficient (Wildman–Crippen LogP) is 7.05. The molecule has 4 fully saturated rings. The molecule has 0 bridgehead atoms. The van der Waals surface area contributed by atoms with Crippen LogP contribution < -0.4 is 46.3 Å². The fourth-order valence-corrected chi connectivity index (χ4v) is 15.0. The van der Waals surface area contributed by atoms with Crippen LogP contribution in [0, 0.1) is 17.8 Å². The molecular formula is C61H68BrF6N27O6S4. The highest BCUT2D eigenvalue weighted by Crippen LogP contribution is 2.33. The van der Waals surface area contributed by atoms with Crippen molar-refractivity contribution in [2.45, 2.75) is 88.8 Å². The monoisotopic (exact) mass is 1600 g/mol. The molecule has 105 heavy (non-hydrogen) atoms. The summed E-state index contributed by atoms with van der Waals surface area (Å²) in [6.45, 7) is 6.89. The van der Waals surface area contributed by atoms with Gasteiger partial charge < -0.3 is 55.7 Å². The summed E-state index contributed by atoms with van der Waals surface area (Å²) < 4.78 is 94.2. The molecule has 6 atom stereocenters. The lowest BCUT2D eigenvalue weighted by Crippen LogP contribution is -2.27. The molecule has 44 heteroatoms. The zero-order chi connectivity index (χ0) is 74.3. The van der Waals surface area contributed by atoms with E-state index in [4.69, 9.17) is 26.7 Å². The first-order chi connectivity index (χ1) is 50.6. The Kier molecular flexibility index (Phi) is 28.2. The molecular weight excluding hydrogens is 1530 g/mol. The third-order valence-electron chi connectivity index (χ3n) is 15.9. The van der Waals surface area contributed by atoms with Gasteiger partial charge in [0.05, 0.1) is 62.4 Å². The van der Waals surface area contributed by atoms with Crippen LogP contribution in [0.15, 0.2) is 102 Å². The molecule has 10 aromatic rings. The second kappa shape index (κ2) is 37.9. The minimum Gasteiger partial charge on any atom is -0.406 e. The summed E-state index contributed by atoms with van der Waals surface area (Å²) in [4.78, 5) is 50.7. The highest BCUT2D eigenvalue weighted by molar-refractivity contribution is 9.11. The fraction of sp³-hybridized carbons (Fsp3) is 0.443. The second-order valence-corrected chi connectivity index (χ2v) is 29.2. The van der Waals surface area contributed by atoms with Crippen LogP contribution in [0.2, 0.25) is 0 Å². The Morgan fingerprint density at radius 2 is 0.829 bits per heavy atom. The number of alkyl halides is 6. The number of rotatable bonds is 22. The van der Waals surface area contributed by atoms with E-state index in [1.807, 2.05) is 0 Å². The molecule has 4 saturated heterocycles. The van der Waals surface area contributed by atoms with Crippen molar-refractivity contribution >= 4 is 107 Å². The lowest BCUT2D eigenvalue weighted by Gasteiger charge is -2.16. The van der Waals surface area contributed by atoms with E-state index >= 15 is 0 Å². The maximum atomic E-state index is 12.8. The molecule has 0 amide bonds. The first-order valence-corrected chi connectivity index (χ1v) is 36.2. The molecule has 4 aliphatic heterocycles. The van der Waals surface area contributed by atoms with Crippen molar-refractivity contribution in [1.29, 1.82) is 0 Å². The molecule has 556 valence electrons. The van der Waals surface area contributed by atoms with Gasteiger partial charge in [-0.15, -0.1) is 110 Å². The number of nitrogens with two attached hydrogens (primary N) is 3. The number of hydrogen-bond acceptors (Lipinski definition) is 37. The van der Waals surface area contributed by atoms with Gasteiger partial charge in [-0.2, -0.15) is 20.4 Å². The van der Waals surface area contributed by atoms with Crippen LogP contribution >= 0.6 is 61.3 Å². The van der Waals surface area contributed by atoms with Crippen molar-refractivity contribution in [2.24, 2.45) is 23.5 Å². The molecule has 0 saturated carbocycles. The number of anilines is 6. The van der Waals surface area contributed by atoms with Gasteiger partial charge in [-0.3, -0.25) is 9.59 Å². The first-order valence-electron chi connectivity index (χ1n) is 32.1. The van der Waals surface area contributed by atoms with Crippen LogP contribution in [0.3, 0.4) is 0 Å². The lowest BCUT2D eigenvalue weighted by atomic mass is 10.0. The molecule has 0 unspecified atom stereocenters. The molecule has 12 heterocycles. The van der Waals surface area contributed by atoms with Gasteiger partial charge in [0.1, 0.15) is 48.7 Å². The van der Waals surface area contributed by atoms with Gasteiger partial charge in [0, 0.05) is 91.9 Å². The summed E-state index contributed by atoms with van der Waals surface area (Å²) in [7, 11) is 2.65. The van der Waals surface area contributed by atoms with Crippen LogP contribution in [0.4, 0.5) is 60.4 Å². The Labute approximate surface area is 619 Å². The number of Topliss-reactive ketones (excluding diaryl/α,β-unsaturated/α-hetero) is 2. The highest BCUT2D eigenvalue weighted by atomic mass is 79.9. The quantitative estimate of drug-likeness (QED) is 0.0572. The minimum atomic E-state index is -4.82. The zero-order valence-electron chi connectivity index (χ0n) is 55.9. The van der Waals surface area contributed by atoms with E-state index < -0.39 is 36.4 Å². The van der Waals surface area contributed by atoms with Gasteiger partial charge in [-0.1, -0.05) is 46.9 Å². The summed E-state index contributed by atoms with van der Waals surface area (Å²) in [5, 5.41) is 67.7. The van der Waals surface area contributed by atoms with E-state index in [0.29, 0.717) is 74.7 Å². The smallest absolute Gasteiger partial charge is 0.406 e. The van der Waals surface area contributed by atoms with E-state index in [1.54, 1.807) is 37.2 Å². The van der Waals surface area contributed by atoms with Gasteiger partial charge in [-0.05, 0) is 94.8 Å². The van der Waals surface area contributed by atoms with Gasteiger partial charge >= 0.3 is 12.7 Å². The number of ketones is 2. The maximum Gasteiger partial charge on any atom is 0.573 e. The highest BCUT2D eigenvalue weighted by Gasteiger charge is 2.35. The number of benzene rings is 2. The average Bonchev–Trinajstić information content (AvgIpc) is 0.895. The summed E-state index contributed by atoms with van der Waals surface area (Å²) in [5.41, 5.74) is 17.0. The maximum absolute atomic E-state index is 12.8. The van der Waals surface area contributed by atoms with E-state index in [1.165, 1.54) is 96.2 Å². The van der Waals surface area contributed by atoms with E-state index in [9.17, 15) is 35.9 Å². The van der Waals surface area contributed by atoms with Crippen LogP contribution in [0.25, 0.3) is 0 Å². The summed E-state index contributed by atoms with van der Waals surface area (Å²) in [5.74, 6) is 2.34. The van der Waals surface area contributed by atoms with Crippen molar-refractivity contribution in [3.05, 3.63) is 138 Å². The van der Waals surface area contributed by atoms with Crippen molar-refractivity contribution < 1.29 is 54.9 Å². The normalized spacial score (nSPS) is 17.6. The Morgan fingerprint density at radius 1 is 0.476 bits per heavy atom. The molecule has 4 aliphatic rings. The van der Waals surface area contributed by atoms with Gasteiger partial charge in [0.25, 0.3) is 0 Å². The van der Waals surface area contributed by atoms with Gasteiger partial charge in [0.15, 0.2) is 15.5 Å². The van der Waals surface area contributed by atoms with Crippen molar-refractivity contribution in [1.82, 2.24) is 102 Å². The number of nitrogen functional groups attached to an aromatic ring is 2. The number of nitrogens with zero attached hydrogens (tertiary/aromatic N) is 24. The summed E-state index contributed by atoms with van der Waals surface area (Å²) >= 11 is 8.57. The van der Waals surface area contributed by atoms with Crippen molar-refractivity contribution in [3.8, 4) is 11.5 Å². The van der Waals surface area contributed by atoms with Crippen molar-refractivity contribution in [2.75, 3.05) is 97.6 Å². The predicted molar refractivity (Wildman–Crippen MR) is 376 cm³/mol. The van der Waals surface area contributed by atoms with E-state index in [-0.39, 0.29) is 41.6 Å². The fourth-order valence-electron chi connectivity index (χ4n) is 11.4. The third kappa shape index (κ3) is 24.8. The van der Waals surface area contributed by atoms with Crippen LogP contribution in [-0.4, -0.2) is 198 Å². The number of methoxy groups -OCH3 is 2. The third-order valence-corrected chi connectivity index (χ3v) is 19.7. The molecule has 14 rings (SSSR count). The second-order valence-electron chi connectivity index (χ2n) is 23.5. The Hall–Kier alpha value is -9.60. The van der Waals surface area contributed by atoms with Crippen LogP contribution in [0.5, 0.6) is 11.5 Å². The molecule has 0 radical (unpaired) electrons. The Balaban J connectivity index is 0.000000154. The number of carbonyl (C=O) groups excluding carboxylic acids is 2. The Bertz CT molecular complexity index is 4120. The lowest BCUT2D eigenvalue weighted by molar-refractivity contribution is -0.275. The SMILES string of the molecule is CO[C@@H](C(=O)Cc1nnc(C[C@@H]2CCN(c3nccnn3)C2)s1)c1cccc(OC(F)(F)F)c1.CO[C@H](C(=O)Cc1nnc(C[C@@H]2CCN(c3nccnn3)C2)s1)c1cccc(OC(F)(F)F)c1.N[C@@H]1CCN(c2nccnn2)C1.Nc1nnc(Br)s1.Nc1nnc(C[C@@H]2CCN(c3nccnn3)C2)s1. The molecule has 0 spiro atoms. The number of halogens is 7. The molecule has 8 aromatic heterocycles. The first kappa shape index (κ1) is 78.0. The number of carbonyl (C=O) groups is 2. The summed E-state index contributed by atoms with van der Waals surface area (Å²) in [6, 6.07) is 10.6. The molecule has 6 N–H and O–H groups in total. The number of ether oxygens (including phenoxy) is 4.